The number of halogens is 4. The molecule has 0 radical (unpaired) electrons. The van der Waals surface area contributed by atoms with Crippen molar-refractivity contribution in [2.45, 2.75) is 13.5 Å². The molecule has 96 valence electrons. The third kappa shape index (κ3) is 3.18. The van der Waals surface area contributed by atoms with Crippen LogP contribution >= 0.6 is 50.5 Å². The van der Waals surface area contributed by atoms with Crippen LogP contribution in [0.25, 0.3) is 0 Å². The van der Waals surface area contributed by atoms with Crippen LogP contribution in [-0.2, 0) is 6.54 Å². The Hall–Kier alpha value is -0.290. The third-order valence-corrected chi connectivity index (χ3v) is 5.09. The maximum absolute atomic E-state index is 13.0. The van der Waals surface area contributed by atoms with Gasteiger partial charge in [0.2, 0.25) is 0 Å². The van der Waals surface area contributed by atoms with Crippen molar-refractivity contribution in [1.29, 1.82) is 0 Å². The molecule has 1 aromatic carbocycles. The molecular formula is C12H9BrCl2FNS. The summed E-state index contributed by atoms with van der Waals surface area (Å²) in [5, 5.41) is 3.69. The summed E-state index contributed by atoms with van der Waals surface area (Å²) in [6.45, 7) is 2.64. The van der Waals surface area contributed by atoms with Crippen LogP contribution in [0, 0.1) is 12.7 Å². The van der Waals surface area contributed by atoms with Crippen molar-refractivity contribution >= 4 is 56.2 Å². The number of nitrogens with one attached hydrogen (secondary N) is 1. The van der Waals surface area contributed by atoms with Gasteiger partial charge < -0.3 is 5.32 Å². The van der Waals surface area contributed by atoms with Gasteiger partial charge in [0.15, 0.2) is 0 Å². The second-order valence-corrected chi connectivity index (χ2v) is 6.72. The van der Waals surface area contributed by atoms with Crippen LogP contribution in [0.4, 0.5) is 10.1 Å². The van der Waals surface area contributed by atoms with Crippen molar-refractivity contribution in [1.82, 2.24) is 0 Å². The van der Waals surface area contributed by atoms with E-state index in [1.54, 1.807) is 11.3 Å². The van der Waals surface area contributed by atoms with Crippen LogP contribution in [0.5, 0.6) is 0 Å². The van der Waals surface area contributed by atoms with Gasteiger partial charge in [-0.3, -0.25) is 0 Å². The van der Waals surface area contributed by atoms with Crippen molar-refractivity contribution in [2.24, 2.45) is 0 Å². The largest absolute Gasteiger partial charge is 0.378 e. The minimum atomic E-state index is -0.440. The predicted molar refractivity (Wildman–Crippen MR) is 80.5 cm³/mol. The van der Waals surface area contributed by atoms with Gasteiger partial charge in [-0.1, -0.05) is 23.2 Å². The van der Waals surface area contributed by atoms with E-state index >= 15 is 0 Å². The van der Waals surface area contributed by atoms with E-state index in [4.69, 9.17) is 23.2 Å². The summed E-state index contributed by atoms with van der Waals surface area (Å²) in [7, 11) is 0. The summed E-state index contributed by atoms with van der Waals surface area (Å²) >= 11 is 17.0. The summed E-state index contributed by atoms with van der Waals surface area (Å²) in [6.07, 6.45) is 0. The number of hydrogen-bond donors (Lipinski definition) is 1. The number of benzene rings is 1. The number of anilines is 1. The standard InChI is InChI=1S/C12H9BrCl2FNS/c1-6-9(13)4-8(18-6)5-17-12-10(14)2-7(16)3-11(12)15/h2-4,17H,5H2,1H3. The molecule has 0 aliphatic carbocycles. The molecule has 0 bridgehead atoms. The van der Waals surface area contributed by atoms with Crippen LogP contribution < -0.4 is 5.32 Å². The molecule has 0 saturated heterocycles. The molecule has 0 aliphatic heterocycles. The Labute approximate surface area is 127 Å². The number of thiophene rings is 1. The lowest BCUT2D eigenvalue weighted by Gasteiger charge is -2.09. The molecule has 0 spiro atoms. The lowest BCUT2D eigenvalue weighted by molar-refractivity contribution is 0.628. The third-order valence-electron chi connectivity index (χ3n) is 2.35. The minimum absolute atomic E-state index is 0.285. The normalized spacial score (nSPS) is 10.7. The summed E-state index contributed by atoms with van der Waals surface area (Å²) in [4.78, 5) is 2.36. The average molecular weight is 369 g/mol. The average Bonchev–Trinajstić information content (AvgIpc) is 2.56. The van der Waals surface area contributed by atoms with E-state index in [9.17, 15) is 4.39 Å². The molecule has 0 aliphatic rings. The zero-order chi connectivity index (χ0) is 13.3. The molecule has 18 heavy (non-hydrogen) atoms. The van der Waals surface area contributed by atoms with E-state index in [0.29, 0.717) is 12.2 Å². The molecular weight excluding hydrogens is 360 g/mol. The highest BCUT2D eigenvalue weighted by atomic mass is 79.9. The van der Waals surface area contributed by atoms with Crippen molar-refractivity contribution < 1.29 is 4.39 Å². The SMILES string of the molecule is Cc1sc(CNc2c(Cl)cc(F)cc2Cl)cc1Br. The minimum Gasteiger partial charge on any atom is -0.378 e. The first-order valence-electron chi connectivity index (χ1n) is 5.10. The van der Waals surface area contributed by atoms with Crippen LogP contribution in [-0.4, -0.2) is 0 Å². The first-order valence-corrected chi connectivity index (χ1v) is 7.47. The van der Waals surface area contributed by atoms with E-state index in [0.717, 1.165) is 9.35 Å². The Bertz CT molecular complexity index is 543. The molecule has 1 aromatic heterocycles. The highest BCUT2D eigenvalue weighted by Crippen LogP contribution is 2.33. The van der Waals surface area contributed by atoms with Gasteiger partial charge in [-0.15, -0.1) is 11.3 Å². The Morgan fingerprint density at radius 3 is 2.39 bits per heavy atom. The van der Waals surface area contributed by atoms with Gasteiger partial charge in [0.25, 0.3) is 0 Å². The maximum Gasteiger partial charge on any atom is 0.126 e. The summed E-state index contributed by atoms with van der Waals surface area (Å²) in [5.41, 5.74) is 0.557. The molecule has 1 nitrogen and oxygen atoms in total. The molecule has 1 heterocycles. The molecule has 0 unspecified atom stereocenters. The fourth-order valence-electron chi connectivity index (χ4n) is 1.49. The fourth-order valence-corrected chi connectivity index (χ4v) is 3.63. The molecule has 6 heteroatoms. The van der Waals surface area contributed by atoms with Gasteiger partial charge in [0.1, 0.15) is 5.82 Å². The van der Waals surface area contributed by atoms with Crippen molar-refractivity contribution in [3.8, 4) is 0 Å². The monoisotopic (exact) mass is 367 g/mol. The Balaban J connectivity index is 2.15. The number of rotatable bonds is 3. The Morgan fingerprint density at radius 2 is 1.89 bits per heavy atom. The number of aryl methyl sites for hydroxylation is 1. The molecule has 0 amide bonds. The fraction of sp³-hybridized carbons (Fsp3) is 0.167. The second-order valence-electron chi connectivity index (χ2n) is 3.71. The summed E-state index contributed by atoms with van der Waals surface area (Å²) < 4.78 is 14.1. The quantitative estimate of drug-likeness (QED) is 0.713. The zero-order valence-electron chi connectivity index (χ0n) is 9.36. The van der Waals surface area contributed by atoms with Crippen LogP contribution in [0.15, 0.2) is 22.7 Å². The van der Waals surface area contributed by atoms with Crippen LogP contribution in [0.1, 0.15) is 9.75 Å². The summed E-state index contributed by atoms with van der Waals surface area (Å²) in [5.74, 6) is -0.440. The first kappa shape index (κ1) is 14.1. The molecule has 1 N–H and O–H groups in total. The Kier molecular flexibility index (Phi) is 4.54. The van der Waals surface area contributed by atoms with Gasteiger partial charge in [-0.05, 0) is 41.1 Å². The molecule has 0 fully saturated rings. The first-order chi connectivity index (χ1) is 8.47. The summed E-state index contributed by atoms with van der Waals surface area (Å²) in [6, 6.07) is 4.52. The maximum atomic E-state index is 13.0. The van der Waals surface area contributed by atoms with Crippen molar-refractivity contribution in [3.05, 3.63) is 48.3 Å². The van der Waals surface area contributed by atoms with E-state index in [-0.39, 0.29) is 10.0 Å². The van der Waals surface area contributed by atoms with Crippen LogP contribution in [0.2, 0.25) is 10.0 Å². The van der Waals surface area contributed by atoms with Crippen molar-refractivity contribution in [2.75, 3.05) is 5.32 Å². The van der Waals surface area contributed by atoms with Gasteiger partial charge in [-0.25, -0.2) is 4.39 Å². The lowest BCUT2D eigenvalue weighted by Crippen LogP contribution is -1.99. The van der Waals surface area contributed by atoms with E-state index in [1.807, 2.05) is 13.0 Å². The van der Waals surface area contributed by atoms with Gasteiger partial charge in [-0.2, -0.15) is 0 Å². The molecule has 0 saturated carbocycles. The second kappa shape index (κ2) is 5.78. The Morgan fingerprint density at radius 1 is 1.28 bits per heavy atom. The number of hydrogen-bond acceptors (Lipinski definition) is 2. The van der Waals surface area contributed by atoms with Gasteiger partial charge in [0, 0.05) is 20.8 Å². The van der Waals surface area contributed by atoms with Crippen molar-refractivity contribution in [3.63, 3.8) is 0 Å². The lowest BCUT2D eigenvalue weighted by atomic mass is 10.3. The topological polar surface area (TPSA) is 12.0 Å². The van der Waals surface area contributed by atoms with E-state index in [1.165, 1.54) is 17.0 Å². The van der Waals surface area contributed by atoms with E-state index < -0.39 is 5.82 Å². The predicted octanol–water partition coefficient (Wildman–Crippen LogP) is 5.88. The molecule has 2 rings (SSSR count). The molecule has 2 aromatic rings. The van der Waals surface area contributed by atoms with E-state index in [2.05, 4.69) is 21.2 Å². The highest BCUT2D eigenvalue weighted by molar-refractivity contribution is 9.10. The van der Waals surface area contributed by atoms with Gasteiger partial charge >= 0.3 is 0 Å². The van der Waals surface area contributed by atoms with Gasteiger partial charge in [0.05, 0.1) is 15.7 Å². The smallest absolute Gasteiger partial charge is 0.126 e. The van der Waals surface area contributed by atoms with Crippen LogP contribution in [0.3, 0.4) is 0 Å². The highest BCUT2D eigenvalue weighted by Gasteiger charge is 2.09. The molecule has 0 atom stereocenters. The zero-order valence-corrected chi connectivity index (χ0v) is 13.3.